The van der Waals surface area contributed by atoms with Crippen LogP contribution >= 0.6 is 0 Å². The van der Waals surface area contributed by atoms with Gasteiger partial charge in [0.1, 0.15) is 0 Å². The van der Waals surface area contributed by atoms with E-state index in [9.17, 15) is 21.6 Å². The number of sulfonamides is 2. The van der Waals surface area contributed by atoms with Gasteiger partial charge in [-0.1, -0.05) is 23.8 Å². The van der Waals surface area contributed by atoms with Crippen molar-refractivity contribution < 1.29 is 21.6 Å². The van der Waals surface area contributed by atoms with Crippen LogP contribution in [0, 0.1) is 13.8 Å². The van der Waals surface area contributed by atoms with Gasteiger partial charge in [-0.25, -0.2) is 16.8 Å². The first-order valence-electron chi connectivity index (χ1n) is 10.6. The van der Waals surface area contributed by atoms with Crippen molar-refractivity contribution in [3.8, 4) is 0 Å². The van der Waals surface area contributed by atoms with Crippen molar-refractivity contribution in [1.29, 1.82) is 0 Å². The van der Waals surface area contributed by atoms with Gasteiger partial charge in [-0.3, -0.25) is 13.8 Å². The van der Waals surface area contributed by atoms with E-state index in [1.54, 1.807) is 6.07 Å². The highest BCUT2D eigenvalue weighted by Gasteiger charge is 2.18. The van der Waals surface area contributed by atoms with Gasteiger partial charge in [0.15, 0.2) is 0 Å². The summed E-state index contributed by atoms with van der Waals surface area (Å²) in [6, 6.07) is 17.3. The van der Waals surface area contributed by atoms with Crippen LogP contribution in [0.15, 0.2) is 84.3 Å². The molecule has 3 rings (SSSR count). The van der Waals surface area contributed by atoms with Crippen molar-refractivity contribution in [2.45, 2.75) is 18.7 Å². The minimum absolute atomic E-state index is 0.0583. The molecular weight excluding hydrogens is 486 g/mol. The zero-order valence-corrected chi connectivity index (χ0v) is 21.3. The molecule has 0 aliphatic heterocycles. The van der Waals surface area contributed by atoms with Crippen LogP contribution in [-0.2, 0) is 20.0 Å². The van der Waals surface area contributed by atoms with Gasteiger partial charge < -0.3 is 5.32 Å². The van der Waals surface area contributed by atoms with Gasteiger partial charge in [0.2, 0.25) is 10.0 Å². The summed E-state index contributed by atoms with van der Waals surface area (Å²) in [6.45, 7) is 7.44. The van der Waals surface area contributed by atoms with Gasteiger partial charge in [0.25, 0.3) is 15.9 Å². The number of hydrogen-bond donors (Lipinski definition) is 2. The lowest BCUT2D eigenvalue weighted by atomic mass is 10.1. The Kier molecular flexibility index (Phi) is 7.67. The number of hydrogen-bond acceptors (Lipinski definition) is 5. The van der Waals surface area contributed by atoms with Gasteiger partial charge in [0.05, 0.1) is 29.1 Å². The van der Waals surface area contributed by atoms with Crippen LogP contribution in [0.2, 0.25) is 0 Å². The summed E-state index contributed by atoms with van der Waals surface area (Å²) in [7, 11) is -7.29. The zero-order chi connectivity index (χ0) is 25.8. The quantitative estimate of drug-likeness (QED) is 0.414. The van der Waals surface area contributed by atoms with Crippen LogP contribution in [0.3, 0.4) is 0 Å². The molecule has 3 aromatic carbocycles. The first kappa shape index (κ1) is 26.0. The predicted molar refractivity (Wildman–Crippen MR) is 140 cm³/mol. The molecule has 0 aliphatic rings. The van der Waals surface area contributed by atoms with E-state index >= 15 is 0 Å². The second kappa shape index (κ2) is 10.3. The molecule has 1 amide bonds. The first-order valence-corrected chi connectivity index (χ1v) is 13.9. The van der Waals surface area contributed by atoms with Crippen molar-refractivity contribution >= 4 is 43.0 Å². The number of rotatable bonds is 9. The van der Waals surface area contributed by atoms with Crippen LogP contribution < -0.4 is 14.3 Å². The molecule has 0 spiro atoms. The molecule has 35 heavy (non-hydrogen) atoms. The van der Waals surface area contributed by atoms with Gasteiger partial charge in [-0.05, 0) is 74.0 Å². The van der Waals surface area contributed by atoms with Crippen LogP contribution in [0.1, 0.15) is 21.5 Å². The average Bonchev–Trinajstić information content (AvgIpc) is 2.79. The molecule has 2 N–H and O–H groups in total. The molecule has 8 nitrogen and oxygen atoms in total. The fraction of sp³-hybridized carbons (Fsp3) is 0.160. The average molecular weight is 514 g/mol. The lowest BCUT2D eigenvalue weighted by molar-refractivity contribution is 0.102. The molecule has 0 bridgehead atoms. The van der Waals surface area contributed by atoms with Crippen molar-refractivity contribution in [3.05, 3.63) is 96.1 Å². The van der Waals surface area contributed by atoms with E-state index in [4.69, 9.17) is 0 Å². The monoisotopic (exact) mass is 513 g/mol. The molecule has 10 heteroatoms. The van der Waals surface area contributed by atoms with Gasteiger partial charge in [-0.2, -0.15) is 0 Å². The summed E-state index contributed by atoms with van der Waals surface area (Å²) in [5.41, 5.74) is 3.48. The summed E-state index contributed by atoms with van der Waals surface area (Å²) in [5.74, 6) is -0.421. The van der Waals surface area contributed by atoms with Crippen LogP contribution in [0.4, 0.5) is 17.1 Å². The van der Waals surface area contributed by atoms with Crippen molar-refractivity contribution in [1.82, 2.24) is 0 Å². The molecule has 0 saturated carbocycles. The number of nitrogens with zero attached hydrogens (tertiary/aromatic N) is 1. The third kappa shape index (κ3) is 6.49. The highest BCUT2D eigenvalue weighted by molar-refractivity contribution is 7.92. The SMILES string of the molecule is C=CCN(c1ccc(C(=O)Nc2ccc(S(=O)(=O)Nc3ccc(C)cc3C)cc2)cc1)S(C)(=O)=O. The Hall–Kier alpha value is -3.63. The molecule has 0 heterocycles. The Morgan fingerprint density at radius 2 is 1.57 bits per heavy atom. The predicted octanol–water partition coefficient (Wildman–Crippen LogP) is 4.31. The Labute approximate surface area is 206 Å². The highest BCUT2D eigenvalue weighted by atomic mass is 32.2. The molecule has 0 atom stereocenters. The number of benzene rings is 3. The van der Waals surface area contributed by atoms with E-state index in [0.29, 0.717) is 22.6 Å². The Balaban J connectivity index is 1.71. The fourth-order valence-corrected chi connectivity index (χ4v) is 5.39. The minimum atomic E-state index is -3.80. The van der Waals surface area contributed by atoms with Crippen LogP contribution in [0.5, 0.6) is 0 Å². The van der Waals surface area contributed by atoms with E-state index in [1.165, 1.54) is 58.9 Å². The summed E-state index contributed by atoms with van der Waals surface area (Å²) in [4.78, 5) is 12.7. The Morgan fingerprint density at radius 3 is 2.11 bits per heavy atom. The molecule has 3 aromatic rings. The van der Waals surface area contributed by atoms with Crippen molar-refractivity contribution in [3.63, 3.8) is 0 Å². The molecular formula is C25H27N3O5S2. The summed E-state index contributed by atoms with van der Waals surface area (Å²) < 4.78 is 53.2. The van der Waals surface area contributed by atoms with Crippen LogP contribution in [0.25, 0.3) is 0 Å². The minimum Gasteiger partial charge on any atom is -0.322 e. The third-order valence-corrected chi connectivity index (χ3v) is 7.70. The fourth-order valence-electron chi connectivity index (χ4n) is 3.38. The number of amides is 1. The second-order valence-electron chi connectivity index (χ2n) is 8.03. The first-order chi connectivity index (χ1) is 16.4. The topological polar surface area (TPSA) is 113 Å². The molecule has 0 saturated heterocycles. The number of carbonyl (C=O) groups is 1. The molecule has 184 valence electrons. The lowest BCUT2D eigenvalue weighted by Gasteiger charge is -2.20. The maximum atomic E-state index is 12.7. The number of nitrogens with one attached hydrogen (secondary N) is 2. The normalized spacial score (nSPS) is 11.5. The lowest BCUT2D eigenvalue weighted by Crippen LogP contribution is -2.29. The number of aryl methyl sites for hydroxylation is 2. The molecule has 0 radical (unpaired) electrons. The van der Waals surface area contributed by atoms with Gasteiger partial charge in [-0.15, -0.1) is 6.58 Å². The van der Waals surface area contributed by atoms with Crippen molar-refractivity contribution in [2.75, 3.05) is 27.1 Å². The summed E-state index contributed by atoms with van der Waals surface area (Å²) >= 11 is 0. The maximum absolute atomic E-state index is 12.7. The summed E-state index contributed by atoms with van der Waals surface area (Å²) in [6.07, 6.45) is 2.57. The van der Waals surface area contributed by atoms with E-state index in [1.807, 2.05) is 26.0 Å². The Morgan fingerprint density at radius 1 is 0.943 bits per heavy atom. The largest absolute Gasteiger partial charge is 0.322 e. The molecule has 0 aliphatic carbocycles. The maximum Gasteiger partial charge on any atom is 0.261 e. The van der Waals surface area contributed by atoms with E-state index in [-0.39, 0.29) is 11.4 Å². The number of anilines is 3. The van der Waals surface area contributed by atoms with Crippen molar-refractivity contribution in [2.24, 2.45) is 0 Å². The Bertz CT molecular complexity index is 1450. The van der Waals surface area contributed by atoms with E-state index in [0.717, 1.165) is 17.4 Å². The van der Waals surface area contributed by atoms with Crippen LogP contribution in [-0.4, -0.2) is 35.5 Å². The summed E-state index contributed by atoms with van der Waals surface area (Å²) in [5, 5.41) is 2.70. The second-order valence-corrected chi connectivity index (χ2v) is 11.6. The number of carbonyl (C=O) groups excluding carboxylic acids is 1. The van der Waals surface area contributed by atoms with E-state index < -0.39 is 26.0 Å². The molecule has 0 fully saturated rings. The van der Waals surface area contributed by atoms with Gasteiger partial charge >= 0.3 is 0 Å². The third-order valence-electron chi connectivity index (χ3n) is 5.16. The van der Waals surface area contributed by atoms with E-state index in [2.05, 4.69) is 16.6 Å². The molecule has 0 unspecified atom stereocenters. The smallest absolute Gasteiger partial charge is 0.261 e. The van der Waals surface area contributed by atoms with Gasteiger partial charge in [0, 0.05) is 11.3 Å². The highest BCUT2D eigenvalue weighted by Crippen LogP contribution is 2.23. The molecule has 0 aromatic heterocycles. The zero-order valence-electron chi connectivity index (χ0n) is 19.6. The standard InChI is InChI=1S/C25H27N3O5S2/c1-5-16-28(34(4,30)31)22-11-7-20(8-12-22)25(29)26-21-9-13-23(14-10-21)35(32,33)27-24-15-6-18(2)17-19(24)3/h5-15,17,27H,1,16H2,2-4H3,(H,26,29).